The molecule has 1 heterocycles. The largest absolute Gasteiger partial charge is 0.376 e. The molecule has 1 N–H and O–H groups in total. The summed E-state index contributed by atoms with van der Waals surface area (Å²) in [7, 11) is 0. The number of nitrogens with one attached hydrogen (secondary N) is 1. The van der Waals surface area contributed by atoms with E-state index >= 15 is 0 Å². The van der Waals surface area contributed by atoms with Crippen LogP contribution in [0.15, 0.2) is 42.5 Å². The predicted molar refractivity (Wildman–Crippen MR) is 111 cm³/mol. The number of nitriles is 1. The van der Waals surface area contributed by atoms with Crippen molar-refractivity contribution in [1.82, 2.24) is 4.90 Å². The Morgan fingerprint density at radius 2 is 1.97 bits per heavy atom. The van der Waals surface area contributed by atoms with Crippen LogP contribution in [-0.2, 0) is 9.53 Å². The Kier molecular flexibility index (Phi) is 6.63. The van der Waals surface area contributed by atoms with E-state index in [1.54, 1.807) is 24.3 Å². The van der Waals surface area contributed by atoms with E-state index in [1.807, 2.05) is 38.1 Å². The lowest BCUT2D eigenvalue weighted by molar-refractivity contribution is -0.117. The SMILES string of the molecule is Cc1cccc(NC(=O)CN(C[C@H]2CCCO2)C(=O)c2ccc(C#N)cc2)c1C. The Balaban J connectivity index is 1.75. The summed E-state index contributed by atoms with van der Waals surface area (Å²) in [5.74, 6) is -0.500. The minimum absolute atomic E-state index is 0.0634. The highest BCUT2D eigenvalue weighted by atomic mass is 16.5. The number of hydrogen-bond acceptors (Lipinski definition) is 4. The Morgan fingerprint density at radius 1 is 1.21 bits per heavy atom. The third kappa shape index (κ3) is 5.21. The molecular weight excluding hydrogens is 366 g/mol. The van der Waals surface area contributed by atoms with Gasteiger partial charge < -0.3 is 15.0 Å². The molecule has 0 spiro atoms. The maximum Gasteiger partial charge on any atom is 0.254 e. The molecule has 1 saturated heterocycles. The van der Waals surface area contributed by atoms with Gasteiger partial charge in [0.25, 0.3) is 5.91 Å². The molecule has 1 aliphatic heterocycles. The van der Waals surface area contributed by atoms with E-state index in [4.69, 9.17) is 10.00 Å². The number of aryl methyl sites for hydroxylation is 1. The van der Waals surface area contributed by atoms with E-state index in [-0.39, 0.29) is 24.5 Å². The summed E-state index contributed by atoms with van der Waals surface area (Å²) in [6.45, 7) is 4.92. The normalized spacial score (nSPS) is 15.6. The first-order valence-corrected chi connectivity index (χ1v) is 9.75. The van der Waals surface area contributed by atoms with Crippen molar-refractivity contribution < 1.29 is 14.3 Å². The van der Waals surface area contributed by atoms with Gasteiger partial charge in [-0.15, -0.1) is 0 Å². The van der Waals surface area contributed by atoms with Crippen molar-refractivity contribution in [3.05, 3.63) is 64.7 Å². The quantitative estimate of drug-likeness (QED) is 0.818. The average Bonchev–Trinajstić information content (AvgIpc) is 3.23. The van der Waals surface area contributed by atoms with Gasteiger partial charge in [0, 0.05) is 24.4 Å². The summed E-state index contributed by atoms with van der Waals surface area (Å²) < 4.78 is 5.67. The van der Waals surface area contributed by atoms with Gasteiger partial charge in [0.15, 0.2) is 0 Å². The second kappa shape index (κ2) is 9.35. The molecule has 0 aromatic heterocycles. The van der Waals surface area contributed by atoms with Gasteiger partial charge in [-0.25, -0.2) is 0 Å². The lowest BCUT2D eigenvalue weighted by Gasteiger charge is -2.25. The summed E-state index contributed by atoms with van der Waals surface area (Å²) in [6, 6.07) is 14.2. The number of rotatable bonds is 6. The van der Waals surface area contributed by atoms with Gasteiger partial charge in [-0.2, -0.15) is 5.26 Å². The first-order chi connectivity index (χ1) is 14.0. The Morgan fingerprint density at radius 3 is 2.62 bits per heavy atom. The minimum Gasteiger partial charge on any atom is -0.376 e. The van der Waals surface area contributed by atoms with Crippen LogP contribution in [0.3, 0.4) is 0 Å². The average molecular weight is 391 g/mol. The molecule has 0 saturated carbocycles. The number of carbonyl (C=O) groups is 2. The smallest absolute Gasteiger partial charge is 0.254 e. The van der Waals surface area contributed by atoms with Crippen molar-refractivity contribution in [3.63, 3.8) is 0 Å². The summed E-state index contributed by atoms with van der Waals surface area (Å²) in [6.07, 6.45) is 1.76. The number of nitrogens with zero attached hydrogens (tertiary/aromatic N) is 2. The van der Waals surface area contributed by atoms with E-state index in [2.05, 4.69) is 5.32 Å². The van der Waals surface area contributed by atoms with Crippen LogP contribution in [0.25, 0.3) is 0 Å². The Bertz CT molecular complexity index is 925. The van der Waals surface area contributed by atoms with Crippen molar-refractivity contribution in [3.8, 4) is 6.07 Å². The van der Waals surface area contributed by atoms with Gasteiger partial charge in [0.2, 0.25) is 5.91 Å². The fraction of sp³-hybridized carbons (Fsp3) is 0.348. The van der Waals surface area contributed by atoms with Crippen LogP contribution in [0.4, 0.5) is 5.69 Å². The van der Waals surface area contributed by atoms with Gasteiger partial charge in [-0.1, -0.05) is 12.1 Å². The Labute approximate surface area is 171 Å². The second-order valence-electron chi connectivity index (χ2n) is 7.31. The molecule has 1 atom stereocenters. The van der Waals surface area contributed by atoms with Crippen LogP contribution in [0.1, 0.15) is 39.9 Å². The van der Waals surface area contributed by atoms with Gasteiger partial charge in [-0.05, 0) is 68.1 Å². The minimum atomic E-state index is -0.251. The number of amides is 2. The molecule has 0 aliphatic carbocycles. The molecule has 150 valence electrons. The van der Waals surface area contributed by atoms with Crippen LogP contribution in [-0.4, -0.2) is 42.5 Å². The topological polar surface area (TPSA) is 82.4 Å². The number of carbonyl (C=O) groups excluding carboxylic acids is 2. The monoisotopic (exact) mass is 391 g/mol. The molecule has 2 aromatic carbocycles. The molecule has 0 radical (unpaired) electrons. The molecule has 2 amide bonds. The maximum absolute atomic E-state index is 13.0. The number of hydrogen-bond donors (Lipinski definition) is 1. The van der Waals surface area contributed by atoms with Gasteiger partial charge in [-0.3, -0.25) is 9.59 Å². The zero-order chi connectivity index (χ0) is 20.8. The van der Waals surface area contributed by atoms with E-state index in [0.29, 0.717) is 24.3 Å². The summed E-state index contributed by atoms with van der Waals surface area (Å²) in [5, 5.41) is 11.9. The number of anilines is 1. The fourth-order valence-electron chi connectivity index (χ4n) is 3.37. The first-order valence-electron chi connectivity index (χ1n) is 9.75. The summed E-state index contributed by atoms with van der Waals surface area (Å²) >= 11 is 0. The van der Waals surface area contributed by atoms with Crippen LogP contribution in [0.5, 0.6) is 0 Å². The highest BCUT2D eigenvalue weighted by molar-refractivity contribution is 5.99. The zero-order valence-electron chi connectivity index (χ0n) is 16.8. The van der Waals surface area contributed by atoms with Crippen molar-refractivity contribution in [2.45, 2.75) is 32.8 Å². The van der Waals surface area contributed by atoms with Crippen LogP contribution >= 0.6 is 0 Å². The standard InChI is InChI=1S/C23H25N3O3/c1-16-5-3-7-21(17(16)2)25-22(27)15-26(14-20-6-4-12-29-20)23(28)19-10-8-18(13-24)9-11-19/h3,5,7-11,20H,4,6,12,14-15H2,1-2H3,(H,25,27)/t20-/m1/s1. The van der Waals surface area contributed by atoms with E-state index in [1.165, 1.54) is 4.90 Å². The van der Waals surface area contributed by atoms with Crippen LogP contribution in [0.2, 0.25) is 0 Å². The Hall–Kier alpha value is -3.17. The summed E-state index contributed by atoms with van der Waals surface area (Å²) in [4.78, 5) is 27.3. The highest BCUT2D eigenvalue weighted by Crippen LogP contribution is 2.19. The second-order valence-corrected chi connectivity index (χ2v) is 7.31. The number of benzene rings is 2. The fourth-order valence-corrected chi connectivity index (χ4v) is 3.37. The van der Waals surface area contributed by atoms with Crippen molar-refractivity contribution in [1.29, 1.82) is 5.26 Å². The highest BCUT2D eigenvalue weighted by Gasteiger charge is 2.25. The molecule has 6 nitrogen and oxygen atoms in total. The predicted octanol–water partition coefficient (Wildman–Crippen LogP) is 3.44. The van der Waals surface area contributed by atoms with Crippen molar-refractivity contribution in [2.24, 2.45) is 0 Å². The number of ether oxygens (including phenoxy) is 1. The lowest BCUT2D eigenvalue weighted by Crippen LogP contribution is -2.42. The molecule has 3 rings (SSSR count). The molecule has 29 heavy (non-hydrogen) atoms. The van der Waals surface area contributed by atoms with E-state index in [9.17, 15) is 9.59 Å². The van der Waals surface area contributed by atoms with E-state index < -0.39 is 0 Å². The van der Waals surface area contributed by atoms with Crippen molar-refractivity contribution >= 4 is 17.5 Å². The first kappa shape index (κ1) is 20.6. The third-order valence-electron chi connectivity index (χ3n) is 5.21. The zero-order valence-corrected chi connectivity index (χ0v) is 16.8. The van der Waals surface area contributed by atoms with Crippen molar-refractivity contribution in [2.75, 3.05) is 25.0 Å². The maximum atomic E-state index is 13.0. The molecule has 0 unspecified atom stereocenters. The molecule has 1 aliphatic rings. The van der Waals surface area contributed by atoms with Gasteiger partial charge >= 0.3 is 0 Å². The summed E-state index contributed by atoms with van der Waals surface area (Å²) in [5.41, 5.74) is 3.77. The lowest BCUT2D eigenvalue weighted by atomic mass is 10.1. The van der Waals surface area contributed by atoms with Crippen LogP contribution in [0, 0.1) is 25.2 Å². The van der Waals surface area contributed by atoms with E-state index in [0.717, 1.165) is 29.7 Å². The van der Waals surface area contributed by atoms with Gasteiger partial charge in [0.1, 0.15) is 6.54 Å². The molecule has 1 fully saturated rings. The van der Waals surface area contributed by atoms with Gasteiger partial charge in [0.05, 0.1) is 17.7 Å². The molecule has 0 bridgehead atoms. The van der Waals surface area contributed by atoms with Crippen LogP contribution < -0.4 is 5.32 Å². The molecule has 2 aromatic rings. The third-order valence-corrected chi connectivity index (χ3v) is 5.21. The molecular formula is C23H25N3O3. The molecule has 6 heteroatoms.